The minimum atomic E-state index is -0.0995. The summed E-state index contributed by atoms with van der Waals surface area (Å²) < 4.78 is 4.78. The van der Waals surface area contributed by atoms with Gasteiger partial charge in [0.2, 0.25) is 0 Å². The average Bonchev–Trinajstić information content (AvgIpc) is 2.58. The molecule has 2 atom stereocenters. The van der Waals surface area contributed by atoms with Crippen molar-refractivity contribution in [3.05, 3.63) is 11.1 Å². The van der Waals surface area contributed by atoms with Crippen LogP contribution in [0.4, 0.5) is 0 Å². The van der Waals surface area contributed by atoms with Gasteiger partial charge in [-0.25, -0.2) is 0 Å². The lowest BCUT2D eigenvalue weighted by Crippen LogP contribution is -2.25. The first kappa shape index (κ1) is 12.5. The van der Waals surface area contributed by atoms with E-state index < -0.39 is 0 Å². The molecule has 1 rings (SSSR count). The number of methoxy groups -OCH3 is 1. The third kappa shape index (κ3) is 3.21. The molecule has 0 bridgehead atoms. The Bertz CT molecular complexity index is 265. The Morgan fingerprint density at radius 3 is 2.80 bits per heavy atom. The van der Waals surface area contributed by atoms with Gasteiger partial charge in [-0.2, -0.15) is 0 Å². The molecule has 0 aliphatic carbocycles. The second-order valence-corrected chi connectivity index (χ2v) is 4.47. The van der Waals surface area contributed by atoms with Gasteiger partial charge < -0.3 is 4.74 Å². The Morgan fingerprint density at radius 2 is 2.27 bits per heavy atom. The Kier molecular flexibility index (Phi) is 4.61. The number of halogens is 1. The molecule has 1 saturated heterocycles. The molecule has 0 aromatic heterocycles. The van der Waals surface area contributed by atoms with Gasteiger partial charge >= 0.3 is 5.97 Å². The summed E-state index contributed by atoms with van der Waals surface area (Å²) in [7, 11) is 1.45. The van der Waals surface area contributed by atoms with E-state index in [1.165, 1.54) is 7.11 Å². The number of hydrogen-bond donors (Lipinski definition) is 0. The lowest BCUT2D eigenvalue weighted by Gasteiger charge is -2.14. The standard InChI is InChI=1S/C11H18ClNO2/c1-8(4-12)5-13-6-9(2)10(7-13)11(14)15-3/h4,9-10H,5-7H2,1-3H3. The van der Waals surface area contributed by atoms with Crippen molar-refractivity contribution in [2.24, 2.45) is 11.8 Å². The topological polar surface area (TPSA) is 29.5 Å². The van der Waals surface area contributed by atoms with Gasteiger partial charge in [-0.15, -0.1) is 0 Å². The van der Waals surface area contributed by atoms with Crippen molar-refractivity contribution in [3.63, 3.8) is 0 Å². The number of carbonyl (C=O) groups excluding carboxylic acids is 1. The predicted octanol–water partition coefficient (Wildman–Crippen LogP) is 1.87. The third-order valence-electron chi connectivity index (χ3n) is 2.85. The van der Waals surface area contributed by atoms with Crippen LogP contribution in [0.5, 0.6) is 0 Å². The maximum Gasteiger partial charge on any atom is 0.310 e. The quantitative estimate of drug-likeness (QED) is 0.695. The summed E-state index contributed by atoms with van der Waals surface area (Å²) in [5.74, 6) is 0.274. The highest BCUT2D eigenvalue weighted by molar-refractivity contribution is 6.25. The first-order valence-electron chi connectivity index (χ1n) is 5.14. The van der Waals surface area contributed by atoms with E-state index in [0.717, 1.165) is 25.2 Å². The van der Waals surface area contributed by atoms with Gasteiger partial charge in [-0.3, -0.25) is 9.69 Å². The Labute approximate surface area is 96.0 Å². The van der Waals surface area contributed by atoms with E-state index in [2.05, 4.69) is 11.8 Å². The minimum absolute atomic E-state index is 0.0122. The fourth-order valence-corrected chi connectivity index (χ4v) is 2.11. The zero-order valence-corrected chi connectivity index (χ0v) is 10.3. The van der Waals surface area contributed by atoms with E-state index in [9.17, 15) is 4.79 Å². The van der Waals surface area contributed by atoms with Crippen molar-refractivity contribution < 1.29 is 9.53 Å². The van der Waals surface area contributed by atoms with Crippen molar-refractivity contribution in [1.29, 1.82) is 0 Å². The number of hydrogen-bond acceptors (Lipinski definition) is 3. The highest BCUT2D eigenvalue weighted by Crippen LogP contribution is 2.24. The summed E-state index contributed by atoms with van der Waals surface area (Å²) in [6.07, 6.45) is 0. The molecule has 86 valence electrons. The van der Waals surface area contributed by atoms with Crippen LogP contribution >= 0.6 is 11.6 Å². The lowest BCUT2D eigenvalue weighted by molar-refractivity contribution is -0.146. The van der Waals surface area contributed by atoms with Gasteiger partial charge in [0.25, 0.3) is 0 Å². The summed E-state index contributed by atoms with van der Waals surface area (Å²) >= 11 is 5.61. The molecule has 3 nitrogen and oxygen atoms in total. The van der Waals surface area contributed by atoms with Crippen molar-refractivity contribution in [2.75, 3.05) is 26.7 Å². The van der Waals surface area contributed by atoms with Gasteiger partial charge in [-0.05, 0) is 18.4 Å². The van der Waals surface area contributed by atoms with E-state index in [1.807, 2.05) is 6.92 Å². The van der Waals surface area contributed by atoms with Crippen molar-refractivity contribution in [2.45, 2.75) is 13.8 Å². The highest BCUT2D eigenvalue weighted by Gasteiger charge is 2.35. The van der Waals surface area contributed by atoms with Crippen LogP contribution in [0, 0.1) is 11.8 Å². The molecule has 1 heterocycles. The number of ether oxygens (including phenoxy) is 1. The van der Waals surface area contributed by atoms with E-state index in [4.69, 9.17) is 16.3 Å². The number of esters is 1. The third-order valence-corrected chi connectivity index (χ3v) is 3.22. The monoisotopic (exact) mass is 231 g/mol. The van der Waals surface area contributed by atoms with Crippen LogP contribution in [0.1, 0.15) is 13.8 Å². The van der Waals surface area contributed by atoms with Crippen LogP contribution in [0.3, 0.4) is 0 Å². The zero-order chi connectivity index (χ0) is 11.4. The van der Waals surface area contributed by atoms with E-state index in [1.54, 1.807) is 5.54 Å². The molecule has 0 radical (unpaired) electrons. The molecule has 1 fully saturated rings. The molecule has 4 heteroatoms. The summed E-state index contributed by atoms with van der Waals surface area (Å²) in [6.45, 7) is 6.61. The molecule has 0 amide bonds. The SMILES string of the molecule is COC(=O)C1CN(CC(C)=CCl)CC1C. The summed E-state index contributed by atoms with van der Waals surface area (Å²) in [6, 6.07) is 0. The zero-order valence-electron chi connectivity index (χ0n) is 9.50. The van der Waals surface area contributed by atoms with E-state index in [0.29, 0.717) is 5.92 Å². The summed E-state index contributed by atoms with van der Waals surface area (Å²) in [4.78, 5) is 13.7. The first-order chi connectivity index (χ1) is 7.08. The van der Waals surface area contributed by atoms with Crippen molar-refractivity contribution in [1.82, 2.24) is 4.90 Å². The van der Waals surface area contributed by atoms with Crippen molar-refractivity contribution >= 4 is 17.6 Å². The Balaban J connectivity index is 2.52. The van der Waals surface area contributed by atoms with Crippen LogP contribution in [-0.2, 0) is 9.53 Å². The average molecular weight is 232 g/mol. The number of carbonyl (C=O) groups is 1. The van der Waals surface area contributed by atoms with Crippen LogP contribution in [0.15, 0.2) is 11.1 Å². The maximum absolute atomic E-state index is 11.4. The second-order valence-electron chi connectivity index (χ2n) is 4.26. The fourth-order valence-electron chi connectivity index (χ4n) is 2.04. The van der Waals surface area contributed by atoms with Gasteiger partial charge in [0.1, 0.15) is 0 Å². The summed E-state index contributed by atoms with van der Waals surface area (Å²) in [5.41, 5.74) is 2.71. The van der Waals surface area contributed by atoms with Crippen LogP contribution in [0.25, 0.3) is 0 Å². The summed E-state index contributed by atoms with van der Waals surface area (Å²) in [5, 5.41) is 0. The molecule has 2 unspecified atom stereocenters. The molecule has 0 aromatic carbocycles. The van der Waals surface area contributed by atoms with Gasteiger partial charge in [0.15, 0.2) is 0 Å². The molecular weight excluding hydrogens is 214 g/mol. The smallest absolute Gasteiger partial charge is 0.310 e. The van der Waals surface area contributed by atoms with Crippen LogP contribution < -0.4 is 0 Å². The Morgan fingerprint density at radius 1 is 1.60 bits per heavy atom. The number of rotatable bonds is 3. The highest BCUT2D eigenvalue weighted by atomic mass is 35.5. The van der Waals surface area contributed by atoms with Gasteiger partial charge in [0, 0.05) is 25.2 Å². The lowest BCUT2D eigenvalue weighted by atomic mass is 9.99. The molecule has 0 saturated carbocycles. The van der Waals surface area contributed by atoms with Crippen LogP contribution in [-0.4, -0.2) is 37.6 Å². The van der Waals surface area contributed by atoms with Crippen molar-refractivity contribution in [3.8, 4) is 0 Å². The van der Waals surface area contributed by atoms with E-state index in [-0.39, 0.29) is 11.9 Å². The second kappa shape index (κ2) is 5.52. The predicted molar refractivity (Wildman–Crippen MR) is 60.7 cm³/mol. The van der Waals surface area contributed by atoms with Gasteiger partial charge in [-0.1, -0.05) is 18.5 Å². The molecule has 0 spiro atoms. The molecule has 1 aliphatic rings. The number of likely N-dealkylation sites (tertiary alicyclic amines) is 1. The minimum Gasteiger partial charge on any atom is -0.469 e. The molecular formula is C11H18ClNO2. The molecule has 0 aromatic rings. The van der Waals surface area contributed by atoms with Crippen LogP contribution in [0.2, 0.25) is 0 Å². The first-order valence-corrected chi connectivity index (χ1v) is 5.58. The Hall–Kier alpha value is -0.540. The molecule has 15 heavy (non-hydrogen) atoms. The largest absolute Gasteiger partial charge is 0.469 e. The normalized spacial score (nSPS) is 28.1. The van der Waals surface area contributed by atoms with Gasteiger partial charge in [0.05, 0.1) is 13.0 Å². The molecule has 1 aliphatic heterocycles. The van der Waals surface area contributed by atoms with E-state index >= 15 is 0 Å². The number of nitrogens with zero attached hydrogens (tertiary/aromatic N) is 1. The molecule has 0 N–H and O–H groups in total. The maximum atomic E-state index is 11.4. The fraction of sp³-hybridized carbons (Fsp3) is 0.727.